The summed E-state index contributed by atoms with van der Waals surface area (Å²) in [7, 11) is 0. The van der Waals surface area contributed by atoms with Crippen LogP contribution in [0.25, 0.3) is 0 Å². The summed E-state index contributed by atoms with van der Waals surface area (Å²) in [5.74, 6) is 5.64. The molecule has 0 aromatic carbocycles. The third-order valence-electron chi connectivity index (χ3n) is 9.11. The quantitative estimate of drug-likeness (QED) is 0.707. The summed E-state index contributed by atoms with van der Waals surface area (Å²) in [5.41, 5.74) is 0. The van der Waals surface area contributed by atoms with Gasteiger partial charge < -0.3 is 14.8 Å². The molecule has 0 aromatic heterocycles. The van der Waals surface area contributed by atoms with Crippen LogP contribution in [0, 0.1) is 35.5 Å². The molecule has 0 spiro atoms. The summed E-state index contributed by atoms with van der Waals surface area (Å²) in [5, 5.41) is 2.80. The van der Waals surface area contributed by atoms with E-state index in [2.05, 4.69) is 5.32 Å². The van der Waals surface area contributed by atoms with Crippen LogP contribution in [0.5, 0.6) is 0 Å². The highest BCUT2D eigenvalue weighted by molar-refractivity contribution is 5.78. The average molecular weight is 419 g/mol. The van der Waals surface area contributed by atoms with Crippen molar-refractivity contribution < 1.29 is 19.1 Å². The maximum atomic E-state index is 12.2. The molecule has 5 fully saturated rings. The molecule has 0 aromatic rings. The first kappa shape index (κ1) is 20.6. The van der Waals surface area contributed by atoms with E-state index in [0.29, 0.717) is 19.6 Å². The van der Waals surface area contributed by atoms with E-state index in [1.165, 1.54) is 51.4 Å². The van der Waals surface area contributed by atoms with Crippen LogP contribution >= 0.6 is 0 Å². The lowest BCUT2D eigenvalue weighted by Crippen LogP contribution is -2.48. The van der Waals surface area contributed by atoms with Crippen molar-refractivity contribution in [2.24, 2.45) is 35.5 Å². The van der Waals surface area contributed by atoms with Crippen molar-refractivity contribution in [3.8, 4) is 0 Å². The smallest absolute Gasteiger partial charge is 0.433 e. The molecule has 1 saturated heterocycles. The van der Waals surface area contributed by atoms with Gasteiger partial charge in [-0.15, -0.1) is 0 Å². The number of nitrogens with zero attached hydrogens (tertiary/aromatic N) is 1. The Balaban J connectivity index is 1.06. The lowest BCUT2D eigenvalue weighted by Gasteiger charge is -2.52. The van der Waals surface area contributed by atoms with E-state index in [1.807, 2.05) is 4.90 Å². The van der Waals surface area contributed by atoms with Crippen molar-refractivity contribution in [2.75, 3.05) is 32.8 Å². The fraction of sp³-hybridized carbons (Fsp3) is 0.917. The molecule has 6 nitrogen and oxygen atoms in total. The average Bonchev–Trinajstić information content (AvgIpc) is 3.22. The Morgan fingerprint density at radius 1 is 0.933 bits per heavy atom. The fourth-order valence-electron chi connectivity index (χ4n) is 7.85. The molecule has 1 aliphatic heterocycles. The van der Waals surface area contributed by atoms with Gasteiger partial charge in [-0.05, 0) is 86.9 Å². The van der Waals surface area contributed by atoms with Gasteiger partial charge in [0.2, 0.25) is 5.91 Å². The Morgan fingerprint density at radius 2 is 1.70 bits per heavy atom. The molecule has 0 bridgehead atoms. The van der Waals surface area contributed by atoms with E-state index >= 15 is 0 Å². The van der Waals surface area contributed by atoms with Crippen LogP contribution in [0.15, 0.2) is 0 Å². The summed E-state index contributed by atoms with van der Waals surface area (Å²) in [6.45, 7) is 2.73. The Kier molecular flexibility index (Phi) is 6.22. The summed E-state index contributed by atoms with van der Waals surface area (Å²) in [6, 6.07) is 0. The molecule has 4 aliphatic carbocycles. The molecule has 5 rings (SSSR count). The van der Waals surface area contributed by atoms with E-state index in [4.69, 9.17) is 9.47 Å². The molecular formula is C24H38N2O4. The first-order valence-corrected chi connectivity index (χ1v) is 12.5. The topological polar surface area (TPSA) is 67.9 Å². The van der Waals surface area contributed by atoms with Gasteiger partial charge in [0, 0.05) is 19.6 Å². The van der Waals surface area contributed by atoms with Crippen LogP contribution in [0.1, 0.15) is 64.2 Å². The molecule has 7 unspecified atom stereocenters. The lowest BCUT2D eigenvalue weighted by molar-refractivity contribution is -0.124. The van der Waals surface area contributed by atoms with Gasteiger partial charge in [0.1, 0.15) is 12.7 Å². The number of fused-ring (bicyclic) bond motifs is 5. The highest BCUT2D eigenvalue weighted by atomic mass is 16.7. The van der Waals surface area contributed by atoms with E-state index in [-0.39, 0.29) is 18.6 Å². The van der Waals surface area contributed by atoms with Gasteiger partial charge in [-0.25, -0.2) is 4.79 Å². The monoisotopic (exact) mass is 418 g/mol. The van der Waals surface area contributed by atoms with Crippen LogP contribution < -0.4 is 5.32 Å². The molecule has 5 aliphatic rings. The normalized spacial score (nSPS) is 41.2. The molecule has 1 heterocycles. The van der Waals surface area contributed by atoms with Crippen molar-refractivity contribution in [2.45, 2.75) is 70.3 Å². The third-order valence-corrected chi connectivity index (χ3v) is 9.11. The molecule has 168 valence electrons. The summed E-state index contributed by atoms with van der Waals surface area (Å²) >= 11 is 0. The second kappa shape index (κ2) is 9.05. The zero-order chi connectivity index (χ0) is 20.5. The van der Waals surface area contributed by atoms with Crippen LogP contribution in [-0.4, -0.2) is 55.9 Å². The minimum Gasteiger partial charge on any atom is -0.433 e. The molecular weight excluding hydrogens is 380 g/mol. The number of ether oxygens (including phenoxy) is 2. The van der Waals surface area contributed by atoms with Crippen molar-refractivity contribution in [3.63, 3.8) is 0 Å². The standard InChI is InChI=1S/C24H38N2O4/c27-23-15-26(11-10-25-23)12-13-29-24(28)30-18-6-9-20-17(14-18)5-8-21-19-3-1-2-16(19)4-7-22(20)21/h16-22H,1-15H2,(H,25,27). The number of rotatable bonds is 4. The van der Waals surface area contributed by atoms with Gasteiger partial charge in [0.15, 0.2) is 0 Å². The molecule has 7 atom stereocenters. The second-order valence-electron chi connectivity index (χ2n) is 10.5. The van der Waals surface area contributed by atoms with E-state index in [1.54, 1.807) is 0 Å². The highest BCUT2D eigenvalue weighted by Gasteiger charge is 2.49. The van der Waals surface area contributed by atoms with Crippen LogP contribution in [0.3, 0.4) is 0 Å². The van der Waals surface area contributed by atoms with E-state index in [0.717, 1.165) is 54.9 Å². The minimum atomic E-state index is -0.528. The van der Waals surface area contributed by atoms with E-state index < -0.39 is 6.16 Å². The van der Waals surface area contributed by atoms with Gasteiger partial charge in [-0.3, -0.25) is 9.69 Å². The predicted octanol–water partition coefficient (Wildman–Crippen LogP) is 3.59. The first-order chi connectivity index (χ1) is 14.7. The zero-order valence-corrected chi connectivity index (χ0v) is 18.2. The molecule has 1 N–H and O–H groups in total. The minimum absolute atomic E-state index is 0.0267. The van der Waals surface area contributed by atoms with Crippen LogP contribution in [0.2, 0.25) is 0 Å². The maximum absolute atomic E-state index is 12.2. The van der Waals surface area contributed by atoms with Crippen LogP contribution in [-0.2, 0) is 14.3 Å². The highest BCUT2D eigenvalue weighted by Crippen LogP contribution is 2.57. The molecule has 0 radical (unpaired) electrons. The number of carbonyl (C=O) groups is 2. The van der Waals surface area contributed by atoms with Crippen molar-refractivity contribution in [3.05, 3.63) is 0 Å². The Morgan fingerprint density at radius 3 is 2.53 bits per heavy atom. The zero-order valence-electron chi connectivity index (χ0n) is 18.2. The number of piperazine rings is 1. The fourth-order valence-corrected chi connectivity index (χ4v) is 7.85. The van der Waals surface area contributed by atoms with Crippen molar-refractivity contribution in [1.82, 2.24) is 10.2 Å². The molecule has 1 amide bonds. The Bertz CT molecular complexity index is 641. The number of nitrogens with one attached hydrogen (secondary N) is 1. The van der Waals surface area contributed by atoms with Gasteiger partial charge in [-0.1, -0.05) is 12.8 Å². The molecule has 4 saturated carbocycles. The van der Waals surface area contributed by atoms with Gasteiger partial charge in [0.05, 0.1) is 6.54 Å². The SMILES string of the molecule is O=C1CN(CCOC(=O)OC2CCC3C(CCC4C5CCCC5CCC34)C2)CCN1. The number of hydrogen-bond donors (Lipinski definition) is 1. The largest absolute Gasteiger partial charge is 0.508 e. The second-order valence-corrected chi connectivity index (χ2v) is 10.5. The van der Waals surface area contributed by atoms with Gasteiger partial charge in [-0.2, -0.15) is 0 Å². The third kappa shape index (κ3) is 4.35. The summed E-state index contributed by atoms with van der Waals surface area (Å²) in [4.78, 5) is 25.6. The molecule has 6 heteroatoms. The molecule has 30 heavy (non-hydrogen) atoms. The van der Waals surface area contributed by atoms with Crippen molar-refractivity contribution in [1.29, 1.82) is 0 Å². The Hall–Kier alpha value is -1.30. The number of amides is 1. The lowest BCUT2D eigenvalue weighted by atomic mass is 9.53. The van der Waals surface area contributed by atoms with E-state index in [9.17, 15) is 9.59 Å². The van der Waals surface area contributed by atoms with Crippen molar-refractivity contribution >= 4 is 12.1 Å². The summed E-state index contributed by atoms with van der Waals surface area (Å²) in [6.07, 6.45) is 12.9. The Labute approximate surface area is 180 Å². The summed E-state index contributed by atoms with van der Waals surface area (Å²) < 4.78 is 11.0. The number of carbonyl (C=O) groups excluding carboxylic acids is 2. The first-order valence-electron chi connectivity index (χ1n) is 12.5. The van der Waals surface area contributed by atoms with Gasteiger partial charge in [0.25, 0.3) is 0 Å². The number of hydrogen-bond acceptors (Lipinski definition) is 5. The maximum Gasteiger partial charge on any atom is 0.508 e. The predicted molar refractivity (Wildman–Crippen MR) is 113 cm³/mol. The van der Waals surface area contributed by atoms with Gasteiger partial charge >= 0.3 is 6.16 Å². The van der Waals surface area contributed by atoms with Crippen LogP contribution in [0.4, 0.5) is 4.79 Å².